The van der Waals surface area contributed by atoms with Crippen molar-refractivity contribution in [3.05, 3.63) is 35.9 Å². The molecule has 1 atom stereocenters. The van der Waals surface area contributed by atoms with E-state index in [4.69, 9.17) is 5.73 Å². The first-order chi connectivity index (χ1) is 8.38. The molecule has 3 nitrogen and oxygen atoms in total. The van der Waals surface area contributed by atoms with Gasteiger partial charge in [0.25, 0.3) is 0 Å². The smallest absolute Gasteiger partial charge is 0.117 e. The molecule has 17 heavy (non-hydrogen) atoms. The standard InChI is InChI=1S/C13H17N3S/c14-6-10-3-4-12-7-15-13(16(12)8-10)11-2-1-5-17-9-11/h3-4,7-8,11H,1-2,5-6,9,14H2. The van der Waals surface area contributed by atoms with Crippen LogP contribution in [0.15, 0.2) is 24.5 Å². The molecule has 2 aromatic heterocycles. The van der Waals surface area contributed by atoms with Gasteiger partial charge in [0.2, 0.25) is 0 Å². The quantitative estimate of drug-likeness (QED) is 0.886. The summed E-state index contributed by atoms with van der Waals surface area (Å²) in [6.07, 6.45) is 6.67. The van der Waals surface area contributed by atoms with Crippen molar-refractivity contribution >= 4 is 17.3 Å². The van der Waals surface area contributed by atoms with Crippen LogP contribution in [-0.4, -0.2) is 20.9 Å². The van der Waals surface area contributed by atoms with Crippen LogP contribution in [0.25, 0.3) is 5.52 Å². The molecular weight excluding hydrogens is 230 g/mol. The predicted octanol–water partition coefficient (Wildman–Crippen LogP) is 2.40. The normalized spacial score (nSPS) is 20.9. The highest BCUT2D eigenvalue weighted by Gasteiger charge is 2.20. The van der Waals surface area contributed by atoms with Gasteiger partial charge in [0, 0.05) is 24.4 Å². The Kier molecular flexibility index (Phi) is 3.07. The third kappa shape index (κ3) is 2.07. The summed E-state index contributed by atoms with van der Waals surface area (Å²) in [6, 6.07) is 4.19. The molecule has 1 unspecified atom stereocenters. The van der Waals surface area contributed by atoms with Gasteiger partial charge in [0.15, 0.2) is 0 Å². The number of thioether (sulfide) groups is 1. The minimum absolute atomic E-state index is 0.590. The maximum Gasteiger partial charge on any atom is 0.117 e. The number of pyridine rings is 1. The van der Waals surface area contributed by atoms with Gasteiger partial charge in [-0.25, -0.2) is 4.98 Å². The van der Waals surface area contributed by atoms with Gasteiger partial charge in [-0.15, -0.1) is 0 Å². The molecule has 0 saturated carbocycles. The Hall–Kier alpha value is -1.00. The van der Waals surface area contributed by atoms with E-state index in [2.05, 4.69) is 27.7 Å². The van der Waals surface area contributed by atoms with Crippen LogP contribution in [0.4, 0.5) is 0 Å². The van der Waals surface area contributed by atoms with Gasteiger partial charge in [-0.05, 0) is 30.2 Å². The number of nitrogens with two attached hydrogens (primary N) is 1. The van der Waals surface area contributed by atoms with Gasteiger partial charge in [-0.1, -0.05) is 6.07 Å². The van der Waals surface area contributed by atoms with Crippen molar-refractivity contribution in [2.45, 2.75) is 25.3 Å². The molecule has 0 amide bonds. The van der Waals surface area contributed by atoms with Gasteiger partial charge < -0.3 is 10.1 Å². The van der Waals surface area contributed by atoms with E-state index in [-0.39, 0.29) is 0 Å². The Balaban J connectivity index is 2.02. The van der Waals surface area contributed by atoms with E-state index in [0.717, 1.165) is 0 Å². The summed E-state index contributed by atoms with van der Waals surface area (Å²) in [5, 5.41) is 0. The Morgan fingerprint density at radius 1 is 1.47 bits per heavy atom. The molecule has 0 aliphatic carbocycles. The first kappa shape index (κ1) is 11.1. The van der Waals surface area contributed by atoms with Crippen molar-refractivity contribution in [1.29, 1.82) is 0 Å². The molecule has 2 aromatic rings. The highest BCUT2D eigenvalue weighted by atomic mass is 32.2. The van der Waals surface area contributed by atoms with Crippen molar-refractivity contribution in [2.24, 2.45) is 5.73 Å². The van der Waals surface area contributed by atoms with Crippen LogP contribution in [0, 0.1) is 0 Å². The number of rotatable bonds is 2. The molecule has 0 radical (unpaired) electrons. The summed E-state index contributed by atoms with van der Waals surface area (Å²) in [5.74, 6) is 4.31. The zero-order valence-corrected chi connectivity index (χ0v) is 10.6. The Bertz CT molecular complexity index is 514. The highest BCUT2D eigenvalue weighted by molar-refractivity contribution is 7.99. The Morgan fingerprint density at radius 3 is 3.18 bits per heavy atom. The number of nitrogens with zero attached hydrogens (tertiary/aromatic N) is 2. The van der Waals surface area contributed by atoms with Crippen LogP contribution in [-0.2, 0) is 6.54 Å². The van der Waals surface area contributed by atoms with E-state index in [1.165, 1.54) is 41.3 Å². The van der Waals surface area contributed by atoms with Gasteiger partial charge in [0.05, 0.1) is 11.7 Å². The topological polar surface area (TPSA) is 43.3 Å². The van der Waals surface area contributed by atoms with Crippen LogP contribution in [0.2, 0.25) is 0 Å². The van der Waals surface area contributed by atoms with E-state index in [1.807, 2.05) is 18.0 Å². The largest absolute Gasteiger partial charge is 0.326 e. The van der Waals surface area contributed by atoms with E-state index >= 15 is 0 Å². The lowest BCUT2D eigenvalue weighted by atomic mass is 10.0. The minimum Gasteiger partial charge on any atom is -0.326 e. The molecule has 2 N–H and O–H groups in total. The van der Waals surface area contributed by atoms with E-state index in [0.29, 0.717) is 12.5 Å². The lowest BCUT2D eigenvalue weighted by Gasteiger charge is -2.20. The summed E-state index contributed by atoms with van der Waals surface area (Å²) in [5.41, 5.74) is 8.04. The van der Waals surface area contributed by atoms with Crippen molar-refractivity contribution in [1.82, 2.24) is 9.38 Å². The molecular formula is C13H17N3S. The number of imidazole rings is 1. The molecule has 0 bridgehead atoms. The minimum atomic E-state index is 0.590. The van der Waals surface area contributed by atoms with Crippen molar-refractivity contribution in [2.75, 3.05) is 11.5 Å². The molecule has 1 aliphatic rings. The lowest BCUT2D eigenvalue weighted by Crippen LogP contribution is -2.12. The molecule has 4 heteroatoms. The van der Waals surface area contributed by atoms with Gasteiger partial charge >= 0.3 is 0 Å². The average molecular weight is 247 g/mol. The third-order valence-corrected chi connectivity index (χ3v) is 4.59. The highest BCUT2D eigenvalue weighted by Crippen LogP contribution is 2.30. The first-order valence-corrected chi connectivity index (χ1v) is 7.27. The second-order valence-electron chi connectivity index (χ2n) is 4.57. The van der Waals surface area contributed by atoms with Crippen molar-refractivity contribution in [3.8, 4) is 0 Å². The average Bonchev–Trinajstić information content (AvgIpc) is 2.82. The second-order valence-corrected chi connectivity index (χ2v) is 5.72. The fraction of sp³-hybridized carbons (Fsp3) is 0.462. The zero-order chi connectivity index (χ0) is 11.7. The third-order valence-electron chi connectivity index (χ3n) is 3.38. The van der Waals surface area contributed by atoms with E-state index in [1.54, 1.807) is 0 Å². The predicted molar refractivity (Wildman–Crippen MR) is 72.4 cm³/mol. The van der Waals surface area contributed by atoms with E-state index in [9.17, 15) is 0 Å². The summed E-state index contributed by atoms with van der Waals surface area (Å²) in [7, 11) is 0. The molecule has 1 fully saturated rings. The number of fused-ring (bicyclic) bond motifs is 1. The zero-order valence-electron chi connectivity index (χ0n) is 9.80. The molecule has 1 aliphatic heterocycles. The number of hydrogen-bond acceptors (Lipinski definition) is 3. The van der Waals surface area contributed by atoms with Crippen LogP contribution in [0.3, 0.4) is 0 Å². The maximum absolute atomic E-state index is 5.70. The van der Waals surface area contributed by atoms with E-state index < -0.39 is 0 Å². The molecule has 0 aromatic carbocycles. The van der Waals surface area contributed by atoms with Crippen LogP contribution in [0.1, 0.15) is 30.1 Å². The molecule has 90 valence electrons. The summed E-state index contributed by atoms with van der Waals surface area (Å²) >= 11 is 2.04. The molecule has 3 rings (SSSR count). The molecule has 0 spiro atoms. The maximum atomic E-state index is 5.70. The fourth-order valence-corrected chi connectivity index (χ4v) is 3.56. The Labute approximate surface area is 105 Å². The monoisotopic (exact) mass is 247 g/mol. The van der Waals surface area contributed by atoms with Gasteiger partial charge in [-0.2, -0.15) is 11.8 Å². The number of aromatic nitrogens is 2. The lowest BCUT2D eigenvalue weighted by molar-refractivity contribution is 0.620. The number of hydrogen-bond donors (Lipinski definition) is 1. The van der Waals surface area contributed by atoms with Gasteiger partial charge in [0.1, 0.15) is 5.82 Å². The van der Waals surface area contributed by atoms with Crippen LogP contribution >= 0.6 is 11.8 Å². The summed E-state index contributed by atoms with van der Waals surface area (Å²) in [6.45, 7) is 0.590. The van der Waals surface area contributed by atoms with Crippen LogP contribution < -0.4 is 5.73 Å². The van der Waals surface area contributed by atoms with Crippen molar-refractivity contribution in [3.63, 3.8) is 0 Å². The first-order valence-electron chi connectivity index (χ1n) is 6.12. The fourth-order valence-electron chi connectivity index (χ4n) is 2.42. The second kappa shape index (κ2) is 4.70. The Morgan fingerprint density at radius 2 is 2.41 bits per heavy atom. The van der Waals surface area contributed by atoms with Gasteiger partial charge in [-0.3, -0.25) is 0 Å². The molecule has 1 saturated heterocycles. The molecule has 3 heterocycles. The summed E-state index contributed by atoms with van der Waals surface area (Å²) < 4.78 is 2.22. The van der Waals surface area contributed by atoms with Crippen LogP contribution in [0.5, 0.6) is 0 Å². The SMILES string of the molecule is NCc1ccc2cnc(C3CCCSC3)n2c1. The van der Waals surface area contributed by atoms with Crippen molar-refractivity contribution < 1.29 is 0 Å². The summed E-state index contributed by atoms with van der Waals surface area (Å²) in [4.78, 5) is 4.60.